The van der Waals surface area contributed by atoms with Crippen LogP contribution in [0.2, 0.25) is 0 Å². The van der Waals surface area contributed by atoms with E-state index in [1.807, 2.05) is 48.5 Å². The Balaban J connectivity index is 1.68. The average Bonchev–Trinajstić information content (AvgIpc) is 3.18. The minimum atomic E-state index is -0.151. The van der Waals surface area contributed by atoms with Crippen molar-refractivity contribution in [2.24, 2.45) is 0 Å². The van der Waals surface area contributed by atoms with Crippen LogP contribution in [-0.4, -0.2) is 27.6 Å². The summed E-state index contributed by atoms with van der Waals surface area (Å²) >= 11 is 10.3. The van der Waals surface area contributed by atoms with Gasteiger partial charge in [0.1, 0.15) is 4.32 Å². The summed E-state index contributed by atoms with van der Waals surface area (Å²) in [4.78, 5) is 30.6. The van der Waals surface area contributed by atoms with Gasteiger partial charge in [-0.2, -0.15) is 0 Å². The number of rotatable bonds is 7. The largest absolute Gasteiger partial charge is 0.303 e. The monoisotopic (exact) mass is 514 g/mol. The summed E-state index contributed by atoms with van der Waals surface area (Å²) in [5.41, 5.74) is 3.09. The fourth-order valence-corrected chi connectivity index (χ4v) is 5.63. The fraction of sp³-hybridized carbons (Fsp3) is 0.292. The highest BCUT2D eigenvalue weighted by molar-refractivity contribution is 9.10. The lowest BCUT2D eigenvalue weighted by Crippen LogP contribution is -2.30. The molecule has 1 saturated heterocycles. The van der Waals surface area contributed by atoms with Crippen molar-refractivity contribution >= 4 is 67.3 Å². The van der Waals surface area contributed by atoms with Gasteiger partial charge in [0.15, 0.2) is 0 Å². The maximum atomic E-state index is 13.5. The third-order valence-corrected chi connectivity index (χ3v) is 7.41. The van der Waals surface area contributed by atoms with Crippen LogP contribution in [0.5, 0.6) is 0 Å². The number of fused-ring (bicyclic) bond motifs is 1. The van der Waals surface area contributed by atoms with Gasteiger partial charge < -0.3 is 4.90 Å². The molecule has 2 aromatic carbocycles. The minimum absolute atomic E-state index is 0.150. The van der Waals surface area contributed by atoms with Crippen LogP contribution < -0.4 is 4.90 Å². The van der Waals surface area contributed by atoms with Crippen molar-refractivity contribution in [3.8, 4) is 0 Å². The first-order chi connectivity index (χ1) is 15.0. The van der Waals surface area contributed by atoms with E-state index in [9.17, 15) is 9.59 Å². The van der Waals surface area contributed by atoms with E-state index in [0.717, 1.165) is 47.0 Å². The normalized spacial score (nSPS) is 18.3. The van der Waals surface area contributed by atoms with Crippen LogP contribution in [0.1, 0.15) is 43.7 Å². The Labute approximate surface area is 200 Å². The highest BCUT2D eigenvalue weighted by Gasteiger charge is 2.41. The lowest BCUT2D eigenvalue weighted by atomic mass is 10.1. The molecule has 2 aromatic rings. The molecule has 0 radical (unpaired) electrons. The summed E-state index contributed by atoms with van der Waals surface area (Å²) < 4.78 is 1.41. The van der Waals surface area contributed by atoms with Crippen LogP contribution >= 0.6 is 39.9 Å². The second kappa shape index (κ2) is 9.67. The zero-order chi connectivity index (χ0) is 22.0. The smallest absolute Gasteiger partial charge is 0.267 e. The first kappa shape index (κ1) is 22.2. The quantitative estimate of drug-likeness (QED) is 0.252. The fourth-order valence-electron chi connectivity index (χ4n) is 3.88. The van der Waals surface area contributed by atoms with Crippen molar-refractivity contribution < 1.29 is 9.59 Å². The summed E-state index contributed by atoms with van der Waals surface area (Å²) in [6, 6.07) is 15.6. The summed E-state index contributed by atoms with van der Waals surface area (Å²) in [7, 11) is 0. The number of benzene rings is 2. The van der Waals surface area contributed by atoms with E-state index in [2.05, 4.69) is 22.9 Å². The van der Waals surface area contributed by atoms with E-state index in [4.69, 9.17) is 12.2 Å². The van der Waals surface area contributed by atoms with Gasteiger partial charge in [0, 0.05) is 16.6 Å². The minimum Gasteiger partial charge on any atom is -0.303 e. The molecule has 0 unspecified atom stereocenters. The summed E-state index contributed by atoms with van der Waals surface area (Å²) in [6.45, 7) is 3.22. The van der Waals surface area contributed by atoms with Crippen molar-refractivity contribution in [1.82, 2.24) is 4.90 Å². The van der Waals surface area contributed by atoms with Crippen molar-refractivity contribution in [3.05, 3.63) is 69.0 Å². The zero-order valence-electron chi connectivity index (χ0n) is 17.3. The first-order valence-electron chi connectivity index (χ1n) is 10.4. The molecule has 0 aromatic heterocycles. The van der Waals surface area contributed by atoms with E-state index < -0.39 is 0 Å². The standard InChI is InChI=1S/C24H23BrN2O2S2/c1-2-3-4-8-13-26-23(29)21(31-24(26)30)20-18-14-17(25)11-12-19(18)27(22(20)28)15-16-9-6-5-7-10-16/h5-7,9-12,14H,2-4,8,13,15H2,1H3/b21-20-. The van der Waals surface area contributed by atoms with Crippen molar-refractivity contribution in [2.75, 3.05) is 11.4 Å². The molecular weight excluding hydrogens is 492 g/mol. The van der Waals surface area contributed by atoms with Gasteiger partial charge in [-0.25, -0.2) is 0 Å². The Kier molecular flexibility index (Phi) is 6.94. The van der Waals surface area contributed by atoms with Gasteiger partial charge in [0.25, 0.3) is 11.8 Å². The molecule has 2 aliphatic heterocycles. The van der Waals surface area contributed by atoms with E-state index in [0.29, 0.717) is 27.9 Å². The second-order valence-corrected chi connectivity index (χ2v) is 10.2. The number of unbranched alkanes of at least 4 members (excludes halogenated alkanes) is 3. The Bertz CT molecular complexity index is 1070. The molecule has 0 atom stereocenters. The number of amides is 2. The number of hydrogen-bond acceptors (Lipinski definition) is 4. The van der Waals surface area contributed by atoms with Crippen LogP contribution in [0.25, 0.3) is 5.57 Å². The molecule has 0 aliphatic carbocycles. The number of thiocarbonyl (C=S) groups is 1. The molecule has 2 aliphatic rings. The molecule has 4 rings (SSSR count). The molecule has 31 heavy (non-hydrogen) atoms. The van der Waals surface area contributed by atoms with Crippen LogP contribution in [-0.2, 0) is 16.1 Å². The molecule has 1 fully saturated rings. The number of carbonyl (C=O) groups is 2. The molecule has 4 nitrogen and oxygen atoms in total. The highest BCUT2D eigenvalue weighted by Crippen LogP contribution is 2.45. The molecule has 0 saturated carbocycles. The van der Waals surface area contributed by atoms with Crippen molar-refractivity contribution in [1.29, 1.82) is 0 Å². The molecule has 0 N–H and O–H groups in total. The predicted octanol–water partition coefficient (Wildman–Crippen LogP) is 6.15. The zero-order valence-corrected chi connectivity index (χ0v) is 20.5. The first-order valence-corrected chi connectivity index (χ1v) is 12.5. The lowest BCUT2D eigenvalue weighted by Gasteiger charge is -2.17. The van der Waals surface area contributed by atoms with Crippen LogP contribution in [0, 0.1) is 0 Å². The van der Waals surface area contributed by atoms with E-state index >= 15 is 0 Å². The molecular formula is C24H23BrN2O2S2. The number of thioether (sulfide) groups is 1. The van der Waals surface area contributed by atoms with Gasteiger partial charge in [0.05, 0.1) is 22.7 Å². The van der Waals surface area contributed by atoms with Gasteiger partial charge in [-0.05, 0) is 30.2 Å². The summed E-state index contributed by atoms with van der Waals surface area (Å²) in [6.07, 6.45) is 4.27. The molecule has 0 bridgehead atoms. The lowest BCUT2D eigenvalue weighted by molar-refractivity contribution is -0.122. The Morgan fingerprint density at radius 1 is 0.968 bits per heavy atom. The predicted molar refractivity (Wildman–Crippen MR) is 135 cm³/mol. The average molecular weight is 515 g/mol. The van der Waals surface area contributed by atoms with Crippen LogP contribution in [0.15, 0.2) is 57.9 Å². The maximum absolute atomic E-state index is 13.5. The number of hydrogen-bond donors (Lipinski definition) is 0. The Hall–Kier alpha value is -1.96. The second-order valence-electron chi connectivity index (χ2n) is 7.63. The highest BCUT2D eigenvalue weighted by atomic mass is 79.9. The van der Waals surface area contributed by atoms with Crippen LogP contribution in [0.4, 0.5) is 5.69 Å². The SMILES string of the molecule is CCCCCCN1C(=O)/C(=C2/C(=O)N(Cc3ccccc3)c3ccc(Br)cc32)SC1=S. The van der Waals surface area contributed by atoms with Crippen molar-refractivity contribution in [3.63, 3.8) is 0 Å². The summed E-state index contributed by atoms with van der Waals surface area (Å²) in [5, 5.41) is 0. The van der Waals surface area contributed by atoms with Gasteiger partial charge in [-0.3, -0.25) is 14.5 Å². The maximum Gasteiger partial charge on any atom is 0.267 e. The third-order valence-electron chi connectivity index (χ3n) is 5.47. The van der Waals surface area contributed by atoms with Gasteiger partial charge in [0.2, 0.25) is 0 Å². The van der Waals surface area contributed by atoms with Gasteiger partial charge in [-0.1, -0.05) is 96.4 Å². The third kappa shape index (κ3) is 4.49. The molecule has 160 valence electrons. The van der Waals surface area contributed by atoms with Gasteiger partial charge in [-0.15, -0.1) is 0 Å². The Morgan fingerprint density at radius 3 is 2.48 bits per heavy atom. The molecule has 2 heterocycles. The van der Waals surface area contributed by atoms with Crippen LogP contribution in [0.3, 0.4) is 0 Å². The molecule has 2 amide bonds. The molecule has 0 spiro atoms. The number of carbonyl (C=O) groups excluding carboxylic acids is 2. The summed E-state index contributed by atoms with van der Waals surface area (Å²) in [5.74, 6) is -0.300. The molecule has 7 heteroatoms. The number of anilines is 1. The Morgan fingerprint density at radius 2 is 1.74 bits per heavy atom. The number of halogens is 1. The van der Waals surface area contributed by atoms with E-state index in [1.54, 1.807) is 9.80 Å². The van der Waals surface area contributed by atoms with Crippen molar-refractivity contribution in [2.45, 2.75) is 39.2 Å². The van der Waals surface area contributed by atoms with E-state index in [-0.39, 0.29) is 11.8 Å². The topological polar surface area (TPSA) is 40.6 Å². The van der Waals surface area contributed by atoms with E-state index in [1.165, 1.54) is 11.8 Å². The van der Waals surface area contributed by atoms with Gasteiger partial charge >= 0.3 is 0 Å². The number of nitrogens with zero attached hydrogens (tertiary/aromatic N) is 2.